The van der Waals surface area contributed by atoms with Crippen molar-refractivity contribution in [3.05, 3.63) is 34.7 Å². The van der Waals surface area contributed by atoms with Crippen molar-refractivity contribution in [2.75, 3.05) is 40.4 Å². The fourth-order valence-corrected chi connectivity index (χ4v) is 8.89. The Kier molecular flexibility index (Phi) is 9.12. The van der Waals surface area contributed by atoms with Crippen LogP contribution in [-0.4, -0.2) is 81.0 Å². The average Bonchev–Trinajstić information content (AvgIpc) is 3.32. The summed E-state index contributed by atoms with van der Waals surface area (Å²) in [6.45, 7) is 4.98. The Hall–Kier alpha value is -3.12. The first-order valence-electron chi connectivity index (χ1n) is 14.8. The van der Waals surface area contributed by atoms with Crippen LogP contribution in [0.4, 0.5) is 0 Å². The SMILES string of the molecule is COc1cc2cc(c1OC)CCCNC(=O)CCC[C@H]1[C@H]3C[C@H](CN1C(=O)CC2)CN(S(=O)(=O)c1c(C)noc1C)C3. The Morgan fingerprint density at radius 1 is 1.00 bits per heavy atom. The minimum Gasteiger partial charge on any atom is -0.493 e. The van der Waals surface area contributed by atoms with Crippen LogP contribution in [0.15, 0.2) is 21.6 Å². The molecular formula is C30H42N4O7S. The number of sulfonamides is 1. The number of carbonyl (C=O) groups excluding carboxylic acids is 2. The summed E-state index contributed by atoms with van der Waals surface area (Å²) >= 11 is 0. The molecule has 11 nitrogen and oxygen atoms in total. The highest BCUT2D eigenvalue weighted by Crippen LogP contribution is 2.39. The van der Waals surface area contributed by atoms with Crippen molar-refractivity contribution >= 4 is 21.8 Å². The molecule has 4 bridgehead atoms. The summed E-state index contributed by atoms with van der Waals surface area (Å²) in [5.41, 5.74) is 2.34. The van der Waals surface area contributed by atoms with Gasteiger partial charge in [0.15, 0.2) is 17.3 Å². The number of benzene rings is 1. The van der Waals surface area contributed by atoms with Gasteiger partial charge in [-0.3, -0.25) is 9.59 Å². The highest BCUT2D eigenvalue weighted by atomic mass is 32.2. The third-order valence-electron chi connectivity index (χ3n) is 8.91. The van der Waals surface area contributed by atoms with E-state index in [1.807, 2.05) is 11.0 Å². The number of rotatable bonds is 4. The second-order valence-corrected chi connectivity index (χ2v) is 13.7. The molecule has 3 aliphatic heterocycles. The highest BCUT2D eigenvalue weighted by molar-refractivity contribution is 7.89. The number of carbonyl (C=O) groups is 2. The standard InChI is InChI=1S/C30H42N4O7S/c1-19-30(20(2)41-32-19)42(37,38)33-16-22-14-24(18-33)25-8-5-9-27(35)31-12-6-7-23-13-21(10-11-28(36)34(25)17-22)15-26(39-3)29(23)40-4/h13,15,22,24-25H,5-12,14,16-18H2,1-4H3,(H,31,35)/t22-,24-,25-/m0/s1. The number of ether oxygens (including phenoxy) is 2. The summed E-state index contributed by atoms with van der Waals surface area (Å²) in [6.07, 6.45) is 4.87. The summed E-state index contributed by atoms with van der Waals surface area (Å²) in [5, 5.41) is 6.88. The largest absolute Gasteiger partial charge is 0.493 e. The molecule has 3 aliphatic rings. The van der Waals surface area contributed by atoms with Crippen LogP contribution in [0.2, 0.25) is 0 Å². The fourth-order valence-electron chi connectivity index (χ4n) is 7.03. The molecular weight excluding hydrogens is 560 g/mol. The second-order valence-electron chi connectivity index (χ2n) is 11.8. The number of methoxy groups -OCH3 is 2. The molecule has 230 valence electrons. The number of nitrogens with one attached hydrogen (secondary N) is 1. The van der Waals surface area contributed by atoms with E-state index in [9.17, 15) is 18.0 Å². The molecule has 2 aromatic rings. The van der Waals surface area contributed by atoms with Gasteiger partial charge in [0.2, 0.25) is 21.8 Å². The van der Waals surface area contributed by atoms with Gasteiger partial charge in [0.1, 0.15) is 10.6 Å². The van der Waals surface area contributed by atoms with Crippen molar-refractivity contribution in [3.63, 3.8) is 0 Å². The van der Waals surface area contributed by atoms with E-state index in [2.05, 4.69) is 16.5 Å². The molecule has 2 fully saturated rings. The zero-order valence-corrected chi connectivity index (χ0v) is 25.8. The lowest BCUT2D eigenvalue weighted by Gasteiger charge is -2.50. The number of hydrogen-bond acceptors (Lipinski definition) is 8. The van der Waals surface area contributed by atoms with Gasteiger partial charge in [-0.05, 0) is 81.4 Å². The van der Waals surface area contributed by atoms with Gasteiger partial charge in [-0.1, -0.05) is 11.2 Å². The van der Waals surface area contributed by atoms with Crippen LogP contribution in [0, 0.1) is 25.7 Å². The predicted molar refractivity (Wildman–Crippen MR) is 155 cm³/mol. The Balaban J connectivity index is 1.40. The van der Waals surface area contributed by atoms with Crippen molar-refractivity contribution in [2.45, 2.75) is 76.2 Å². The van der Waals surface area contributed by atoms with E-state index in [-0.39, 0.29) is 40.3 Å². The van der Waals surface area contributed by atoms with Gasteiger partial charge in [-0.25, -0.2) is 8.42 Å². The van der Waals surface area contributed by atoms with Crippen LogP contribution in [-0.2, 0) is 32.5 Å². The first-order valence-corrected chi connectivity index (χ1v) is 16.3. The topological polar surface area (TPSA) is 131 Å². The van der Waals surface area contributed by atoms with Crippen LogP contribution in [0.1, 0.15) is 61.1 Å². The van der Waals surface area contributed by atoms with E-state index in [1.165, 1.54) is 0 Å². The molecule has 0 radical (unpaired) electrons. The number of piperidine rings is 2. The molecule has 1 aromatic carbocycles. The molecule has 2 amide bonds. The van der Waals surface area contributed by atoms with Crippen LogP contribution in [0.3, 0.4) is 0 Å². The third kappa shape index (κ3) is 6.15. The average molecular weight is 603 g/mol. The van der Waals surface area contributed by atoms with Crippen LogP contribution < -0.4 is 14.8 Å². The molecule has 0 aliphatic carbocycles. The Morgan fingerprint density at radius 2 is 1.81 bits per heavy atom. The fraction of sp³-hybridized carbons (Fsp3) is 0.633. The van der Waals surface area contributed by atoms with E-state index < -0.39 is 10.0 Å². The van der Waals surface area contributed by atoms with Gasteiger partial charge in [0.05, 0.1) is 14.2 Å². The van der Waals surface area contributed by atoms with Crippen LogP contribution in [0.5, 0.6) is 11.5 Å². The van der Waals surface area contributed by atoms with Gasteiger partial charge in [0, 0.05) is 45.1 Å². The quantitative estimate of drug-likeness (QED) is 0.565. The van der Waals surface area contributed by atoms with E-state index in [1.54, 1.807) is 32.4 Å². The molecule has 2 saturated heterocycles. The van der Waals surface area contributed by atoms with Crippen molar-refractivity contribution in [1.82, 2.24) is 19.7 Å². The summed E-state index contributed by atoms with van der Waals surface area (Å²) < 4.78 is 45.3. The zero-order valence-electron chi connectivity index (χ0n) is 25.0. The lowest BCUT2D eigenvalue weighted by Crippen LogP contribution is -2.60. The first-order chi connectivity index (χ1) is 20.1. The monoisotopic (exact) mass is 602 g/mol. The normalized spacial score (nSPS) is 24.6. The van der Waals surface area contributed by atoms with Crippen molar-refractivity contribution in [3.8, 4) is 11.5 Å². The third-order valence-corrected chi connectivity index (χ3v) is 11.0. The van der Waals surface area contributed by atoms with Crippen molar-refractivity contribution < 1.29 is 32.0 Å². The number of fused-ring (bicyclic) bond motifs is 6. The summed E-state index contributed by atoms with van der Waals surface area (Å²) in [6, 6.07) is 3.86. The van der Waals surface area contributed by atoms with Crippen LogP contribution in [0.25, 0.3) is 0 Å². The maximum absolute atomic E-state index is 13.8. The maximum Gasteiger partial charge on any atom is 0.248 e. The molecule has 42 heavy (non-hydrogen) atoms. The lowest BCUT2D eigenvalue weighted by atomic mass is 9.78. The lowest BCUT2D eigenvalue weighted by molar-refractivity contribution is -0.140. The van der Waals surface area contributed by atoms with E-state index in [0.29, 0.717) is 81.9 Å². The Bertz CT molecular complexity index is 1400. The predicted octanol–water partition coefficient (Wildman–Crippen LogP) is 3.01. The number of aryl methyl sites for hydroxylation is 4. The maximum atomic E-state index is 13.8. The molecule has 3 atom stereocenters. The summed E-state index contributed by atoms with van der Waals surface area (Å²) in [4.78, 5) is 28.6. The minimum absolute atomic E-state index is 0.0155. The van der Waals surface area contributed by atoms with Gasteiger partial charge in [-0.15, -0.1) is 0 Å². The second kappa shape index (κ2) is 12.6. The summed E-state index contributed by atoms with van der Waals surface area (Å²) in [5.74, 6) is 1.65. The van der Waals surface area contributed by atoms with Crippen LogP contribution >= 0.6 is 0 Å². The molecule has 1 N–H and O–H groups in total. The Labute approximate surface area is 247 Å². The molecule has 12 heteroatoms. The Morgan fingerprint density at radius 3 is 2.52 bits per heavy atom. The molecule has 1 aromatic heterocycles. The van der Waals surface area contributed by atoms with E-state index >= 15 is 0 Å². The molecule has 5 rings (SSSR count). The molecule has 0 saturated carbocycles. The minimum atomic E-state index is -3.79. The highest BCUT2D eigenvalue weighted by Gasteiger charge is 2.46. The van der Waals surface area contributed by atoms with E-state index in [4.69, 9.17) is 14.0 Å². The number of aromatic nitrogens is 1. The number of amides is 2. The molecule has 0 unspecified atom stereocenters. The molecule has 4 heterocycles. The smallest absolute Gasteiger partial charge is 0.248 e. The number of nitrogens with zero attached hydrogens (tertiary/aromatic N) is 3. The van der Waals surface area contributed by atoms with Gasteiger partial charge >= 0.3 is 0 Å². The van der Waals surface area contributed by atoms with Gasteiger partial charge in [-0.2, -0.15) is 4.31 Å². The first kappa shape index (κ1) is 30.3. The summed E-state index contributed by atoms with van der Waals surface area (Å²) in [7, 11) is -0.570. The number of hydrogen-bond donors (Lipinski definition) is 1. The molecule has 0 spiro atoms. The van der Waals surface area contributed by atoms with Gasteiger partial charge < -0.3 is 24.2 Å². The zero-order chi connectivity index (χ0) is 30.0. The van der Waals surface area contributed by atoms with Gasteiger partial charge in [0.25, 0.3) is 0 Å². The van der Waals surface area contributed by atoms with Crippen molar-refractivity contribution in [2.24, 2.45) is 11.8 Å². The van der Waals surface area contributed by atoms with E-state index in [0.717, 1.165) is 24.0 Å². The van der Waals surface area contributed by atoms with Crippen molar-refractivity contribution in [1.29, 1.82) is 0 Å².